The fourth-order valence-corrected chi connectivity index (χ4v) is 3.79. The number of hydrogen-bond acceptors (Lipinski definition) is 5. The first kappa shape index (κ1) is 17.0. The minimum absolute atomic E-state index is 0.457. The molecule has 4 rings (SSSR count). The van der Waals surface area contributed by atoms with Crippen LogP contribution in [0.4, 0.5) is 0 Å². The van der Waals surface area contributed by atoms with E-state index in [9.17, 15) is 0 Å². The summed E-state index contributed by atoms with van der Waals surface area (Å²) in [6.07, 6.45) is 6.56. The lowest BCUT2D eigenvalue weighted by atomic mass is 9.90. The predicted molar refractivity (Wildman–Crippen MR) is 99.5 cm³/mol. The van der Waals surface area contributed by atoms with Crippen molar-refractivity contribution in [1.82, 2.24) is 15.1 Å². The summed E-state index contributed by atoms with van der Waals surface area (Å²) in [7, 11) is 0. The molecule has 1 saturated heterocycles. The molecular weight excluding hydrogens is 326 g/mol. The molecule has 5 nitrogen and oxygen atoms in total. The molecule has 0 aliphatic carbocycles. The number of furan rings is 1. The zero-order chi connectivity index (χ0) is 17.8. The second kappa shape index (κ2) is 7.87. The van der Waals surface area contributed by atoms with Gasteiger partial charge in [0.15, 0.2) is 5.76 Å². The summed E-state index contributed by atoms with van der Waals surface area (Å²) in [5.41, 5.74) is 2.88. The van der Waals surface area contributed by atoms with E-state index in [1.54, 1.807) is 6.26 Å². The van der Waals surface area contributed by atoms with E-state index in [-0.39, 0.29) is 0 Å². The standard InChI is InChI=1S/C21H25N3O2/c1-16-6-2-3-8-18(16)11-10-17-7-4-12-24(14-17)15-20-22-23-21(26-20)19-9-5-13-25-19/h2-3,5-6,8-9,13,17H,4,7,10-12,14-15H2,1H3/t17-/m1/s1. The SMILES string of the molecule is Cc1ccccc1CC[C@H]1CCCN(Cc2nnc(-c3ccco3)o2)C1. The number of hydrogen-bond donors (Lipinski definition) is 0. The second-order valence-electron chi connectivity index (χ2n) is 7.19. The van der Waals surface area contributed by atoms with Gasteiger partial charge in [-0.25, -0.2) is 0 Å². The van der Waals surface area contributed by atoms with Crippen LogP contribution in [0.1, 0.15) is 36.3 Å². The number of piperidine rings is 1. The van der Waals surface area contributed by atoms with Crippen LogP contribution >= 0.6 is 0 Å². The Morgan fingerprint density at radius 3 is 2.92 bits per heavy atom. The van der Waals surface area contributed by atoms with Crippen LogP contribution in [0.2, 0.25) is 0 Å². The largest absolute Gasteiger partial charge is 0.459 e. The van der Waals surface area contributed by atoms with Crippen molar-refractivity contribution in [2.75, 3.05) is 13.1 Å². The van der Waals surface area contributed by atoms with E-state index in [4.69, 9.17) is 8.83 Å². The van der Waals surface area contributed by atoms with E-state index >= 15 is 0 Å². The first-order valence-corrected chi connectivity index (χ1v) is 9.41. The molecule has 26 heavy (non-hydrogen) atoms. The molecule has 1 aliphatic heterocycles. The summed E-state index contributed by atoms with van der Waals surface area (Å²) in [6, 6.07) is 12.4. The molecule has 0 unspecified atom stereocenters. The number of likely N-dealkylation sites (tertiary alicyclic amines) is 1. The van der Waals surface area contributed by atoms with Gasteiger partial charge in [0.2, 0.25) is 5.89 Å². The van der Waals surface area contributed by atoms with Crippen molar-refractivity contribution in [3.8, 4) is 11.7 Å². The number of aromatic nitrogens is 2. The lowest BCUT2D eigenvalue weighted by Gasteiger charge is -2.31. The molecule has 1 fully saturated rings. The maximum atomic E-state index is 5.75. The Labute approximate surface area is 154 Å². The van der Waals surface area contributed by atoms with E-state index in [0.717, 1.165) is 25.4 Å². The minimum Gasteiger partial charge on any atom is -0.459 e. The van der Waals surface area contributed by atoms with Gasteiger partial charge < -0.3 is 8.83 Å². The van der Waals surface area contributed by atoms with E-state index in [1.165, 1.54) is 30.4 Å². The molecule has 5 heteroatoms. The monoisotopic (exact) mass is 351 g/mol. The molecular formula is C21H25N3O2. The van der Waals surface area contributed by atoms with Crippen LogP contribution in [0.3, 0.4) is 0 Å². The Morgan fingerprint density at radius 1 is 1.15 bits per heavy atom. The number of rotatable bonds is 6. The summed E-state index contributed by atoms with van der Waals surface area (Å²) < 4.78 is 11.1. The average molecular weight is 351 g/mol. The first-order valence-electron chi connectivity index (χ1n) is 9.41. The maximum Gasteiger partial charge on any atom is 0.283 e. The normalized spacial score (nSPS) is 18.3. The van der Waals surface area contributed by atoms with E-state index in [2.05, 4.69) is 46.3 Å². The molecule has 0 N–H and O–H groups in total. The molecule has 136 valence electrons. The fraction of sp³-hybridized carbons (Fsp3) is 0.429. The minimum atomic E-state index is 0.457. The fourth-order valence-electron chi connectivity index (χ4n) is 3.79. The highest BCUT2D eigenvalue weighted by Gasteiger charge is 2.22. The highest BCUT2D eigenvalue weighted by Crippen LogP contribution is 2.24. The molecule has 0 bridgehead atoms. The Balaban J connectivity index is 1.32. The van der Waals surface area contributed by atoms with Crippen LogP contribution in [0.15, 0.2) is 51.5 Å². The summed E-state index contributed by atoms with van der Waals surface area (Å²) in [6.45, 7) is 5.12. The Morgan fingerprint density at radius 2 is 2.08 bits per heavy atom. The molecule has 1 aromatic carbocycles. The van der Waals surface area contributed by atoms with Crippen molar-refractivity contribution in [2.45, 2.75) is 39.2 Å². The van der Waals surface area contributed by atoms with Crippen molar-refractivity contribution in [1.29, 1.82) is 0 Å². The molecule has 3 heterocycles. The lowest BCUT2D eigenvalue weighted by molar-refractivity contribution is 0.150. The average Bonchev–Trinajstić information content (AvgIpc) is 3.33. The van der Waals surface area contributed by atoms with Crippen LogP contribution in [0, 0.1) is 12.8 Å². The number of nitrogens with zero attached hydrogens (tertiary/aromatic N) is 3. The second-order valence-corrected chi connectivity index (χ2v) is 7.19. The van der Waals surface area contributed by atoms with Gasteiger partial charge >= 0.3 is 0 Å². The molecule has 0 radical (unpaired) electrons. The summed E-state index contributed by atoms with van der Waals surface area (Å²) in [5.74, 6) is 2.48. The quantitative estimate of drug-likeness (QED) is 0.655. The third-order valence-corrected chi connectivity index (χ3v) is 5.24. The number of benzene rings is 1. The molecule has 0 amide bonds. The summed E-state index contributed by atoms with van der Waals surface area (Å²) in [4.78, 5) is 2.44. The van der Waals surface area contributed by atoms with Crippen molar-refractivity contribution in [3.63, 3.8) is 0 Å². The third kappa shape index (κ3) is 4.05. The Kier molecular flexibility index (Phi) is 5.16. The highest BCUT2D eigenvalue weighted by atomic mass is 16.4. The molecule has 0 spiro atoms. The van der Waals surface area contributed by atoms with Crippen molar-refractivity contribution in [3.05, 3.63) is 59.7 Å². The third-order valence-electron chi connectivity index (χ3n) is 5.24. The van der Waals surface area contributed by atoms with E-state index in [0.29, 0.717) is 24.1 Å². The first-order chi connectivity index (χ1) is 12.8. The molecule has 1 aliphatic rings. The van der Waals surface area contributed by atoms with Crippen LogP contribution in [0.25, 0.3) is 11.7 Å². The molecule has 1 atom stereocenters. The molecule has 2 aromatic heterocycles. The van der Waals surface area contributed by atoms with Gasteiger partial charge in [-0.15, -0.1) is 10.2 Å². The van der Waals surface area contributed by atoms with Gasteiger partial charge in [0, 0.05) is 6.54 Å². The van der Waals surface area contributed by atoms with Gasteiger partial charge in [-0.05, 0) is 68.3 Å². The zero-order valence-electron chi connectivity index (χ0n) is 15.2. The topological polar surface area (TPSA) is 55.3 Å². The van der Waals surface area contributed by atoms with Gasteiger partial charge in [0.25, 0.3) is 5.89 Å². The molecule has 0 saturated carbocycles. The predicted octanol–water partition coefficient (Wildman–Crippen LogP) is 4.48. The van der Waals surface area contributed by atoms with Crippen LogP contribution in [-0.4, -0.2) is 28.2 Å². The number of aryl methyl sites for hydroxylation is 2. The van der Waals surface area contributed by atoms with E-state index < -0.39 is 0 Å². The van der Waals surface area contributed by atoms with Crippen molar-refractivity contribution in [2.24, 2.45) is 5.92 Å². The van der Waals surface area contributed by atoms with Crippen LogP contribution in [0.5, 0.6) is 0 Å². The maximum absolute atomic E-state index is 5.75. The van der Waals surface area contributed by atoms with Gasteiger partial charge in [0.05, 0.1) is 12.8 Å². The van der Waals surface area contributed by atoms with Crippen LogP contribution in [-0.2, 0) is 13.0 Å². The smallest absolute Gasteiger partial charge is 0.283 e. The summed E-state index contributed by atoms with van der Waals surface area (Å²) >= 11 is 0. The molecule has 3 aromatic rings. The van der Waals surface area contributed by atoms with Gasteiger partial charge in [-0.1, -0.05) is 24.3 Å². The zero-order valence-corrected chi connectivity index (χ0v) is 15.2. The van der Waals surface area contributed by atoms with Gasteiger partial charge in [-0.2, -0.15) is 0 Å². The van der Waals surface area contributed by atoms with Crippen LogP contribution < -0.4 is 0 Å². The highest BCUT2D eigenvalue weighted by molar-refractivity contribution is 5.42. The van der Waals surface area contributed by atoms with Crippen molar-refractivity contribution >= 4 is 0 Å². The Hall–Kier alpha value is -2.40. The Bertz CT molecular complexity index is 825. The lowest BCUT2D eigenvalue weighted by Crippen LogP contribution is -2.35. The van der Waals surface area contributed by atoms with Crippen molar-refractivity contribution < 1.29 is 8.83 Å². The van der Waals surface area contributed by atoms with Gasteiger partial charge in [0.1, 0.15) is 0 Å². The summed E-state index contributed by atoms with van der Waals surface area (Å²) in [5, 5.41) is 8.27. The van der Waals surface area contributed by atoms with Gasteiger partial charge in [-0.3, -0.25) is 4.90 Å². The van der Waals surface area contributed by atoms with E-state index in [1.807, 2.05) is 12.1 Å².